The Morgan fingerprint density at radius 2 is 2.06 bits per heavy atom. The summed E-state index contributed by atoms with van der Waals surface area (Å²) in [5.41, 5.74) is 4.55. The highest BCUT2D eigenvalue weighted by atomic mass is 16.5. The van der Waals surface area contributed by atoms with E-state index in [2.05, 4.69) is 35.4 Å². The third-order valence-corrected chi connectivity index (χ3v) is 6.24. The number of nitrogens with one attached hydrogen (secondary N) is 2. The van der Waals surface area contributed by atoms with Crippen molar-refractivity contribution in [1.82, 2.24) is 20.1 Å². The molecule has 33 heavy (non-hydrogen) atoms. The first-order valence-electron chi connectivity index (χ1n) is 11.5. The molecule has 0 bridgehead atoms. The molecule has 0 aliphatic heterocycles. The average molecular weight is 446 g/mol. The second-order valence-electron chi connectivity index (χ2n) is 8.16. The molecule has 1 saturated carbocycles. The Bertz CT molecular complexity index is 1310. The molecule has 2 aromatic heterocycles. The number of aryl methyl sites for hydroxylation is 1. The number of benzene rings is 2. The maximum Gasteiger partial charge on any atom is 0.165 e. The number of aromatic nitrogens is 3. The molecule has 172 valence electrons. The standard InChI is InChI=1S/C24H25N5O2.C2H6/c1-14-8-21(30-3)20(19-6-7-27-22(14)19)13-29-12-16-5-4-15(11-25)24(23(16)28-29)31-18-9-17(10-18)26-2;1-2/h4-8,12,17-18,26-27H,9-10,13H2,1-3H3;1-2H3. The maximum absolute atomic E-state index is 9.61. The maximum atomic E-state index is 9.61. The fraction of sp³-hybridized carbons (Fsp3) is 0.385. The van der Waals surface area contributed by atoms with Gasteiger partial charge in [0.05, 0.1) is 19.2 Å². The summed E-state index contributed by atoms with van der Waals surface area (Å²) in [6.07, 6.45) is 5.92. The van der Waals surface area contributed by atoms with Crippen molar-refractivity contribution in [2.24, 2.45) is 0 Å². The molecule has 1 aliphatic rings. The van der Waals surface area contributed by atoms with Crippen molar-refractivity contribution in [1.29, 1.82) is 5.26 Å². The van der Waals surface area contributed by atoms with Gasteiger partial charge < -0.3 is 19.8 Å². The van der Waals surface area contributed by atoms with E-state index in [1.54, 1.807) is 7.11 Å². The van der Waals surface area contributed by atoms with E-state index in [1.807, 2.05) is 50.1 Å². The van der Waals surface area contributed by atoms with E-state index in [1.165, 1.54) is 0 Å². The van der Waals surface area contributed by atoms with Crippen molar-refractivity contribution in [3.63, 3.8) is 0 Å². The largest absolute Gasteiger partial charge is 0.496 e. The van der Waals surface area contributed by atoms with Crippen LogP contribution in [0.5, 0.6) is 11.5 Å². The lowest BCUT2D eigenvalue weighted by atomic mass is 9.89. The minimum atomic E-state index is 0.108. The molecule has 0 radical (unpaired) electrons. The molecular formula is C26H31N5O2. The van der Waals surface area contributed by atoms with Crippen LogP contribution in [-0.2, 0) is 6.54 Å². The number of aromatic amines is 1. The van der Waals surface area contributed by atoms with Crippen LogP contribution in [0.4, 0.5) is 0 Å². The predicted molar refractivity (Wildman–Crippen MR) is 131 cm³/mol. The van der Waals surface area contributed by atoms with Gasteiger partial charge in [0.2, 0.25) is 0 Å². The molecule has 2 aromatic carbocycles. The van der Waals surface area contributed by atoms with Crippen LogP contribution in [0.15, 0.2) is 36.7 Å². The van der Waals surface area contributed by atoms with E-state index in [0.717, 1.165) is 51.5 Å². The molecule has 0 spiro atoms. The molecule has 0 amide bonds. The Morgan fingerprint density at radius 1 is 1.27 bits per heavy atom. The first-order chi connectivity index (χ1) is 16.1. The first kappa shape index (κ1) is 22.7. The van der Waals surface area contributed by atoms with Crippen molar-refractivity contribution >= 4 is 21.8 Å². The van der Waals surface area contributed by atoms with Gasteiger partial charge in [0.1, 0.15) is 23.4 Å². The lowest BCUT2D eigenvalue weighted by Gasteiger charge is -2.35. The van der Waals surface area contributed by atoms with Gasteiger partial charge in [-0.25, -0.2) is 0 Å². The highest BCUT2D eigenvalue weighted by Gasteiger charge is 2.31. The van der Waals surface area contributed by atoms with Gasteiger partial charge in [0, 0.05) is 40.3 Å². The van der Waals surface area contributed by atoms with Crippen LogP contribution in [0.2, 0.25) is 0 Å². The molecule has 7 nitrogen and oxygen atoms in total. The van der Waals surface area contributed by atoms with Crippen LogP contribution in [0.1, 0.15) is 43.4 Å². The highest BCUT2D eigenvalue weighted by molar-refractivity contribution is 5.89. The Hall–Kier alpha value is -3.50. The van der Waals surface area contributed by atoms with E-state index in [4.69, 9.17) is 14.6 Å². The van der Waals surface area contributed by atoms with Crippen molar-refractivity contribution < 1.29 is 9.47 Å². The second-order valence-corrected chi connectivity index (χ2v) is 8.16. The van der Waals surface area contributed by atoms with Crippen LogP contribution >= 0.6 is 0 Å². The quantitative estimate of drug-likeness (QED) is 0.440. The van der Waals surface area contributed by atoms with E-state index < -0.39 is 0 Å². The Morgan fingerprint density at radius 3 is 2.76 bits per heavy atom. The van der Waals surface area contributed by atoms with Gasteiger partial charge in [-0.15, -0.1) is 0 Å². The highest BCUT2D eigenvalue weighted by Crippen LogP contribution is 2.35. The van der Waals surface area contributed by atoms with E-state index in [-0.39, 0.29) is 6.10 Å². The number of hydrogen-bond donors (Lipinski definition) is 2. The Balaban J connectivity index is 0.00000126. The predicted octanol–water partition coefficient (Wildman–Crippen LogP) is 4.91. The summed E-state index contributed by atoms with van der Waals surface area (Å²) in [5.74, 6) is 1.42. The molecule has 0 unspecified atom stereocenters. The molecule has 0 saturated heterocycles. The van der Waals surface area contributed by atoms with Gasteiger partial charge in [-0.1, -0.05) is 13.8 Å². The van der Waals surface area contributed by atoms with Crippen LogP contribution in [0, 0.1) is 18.3 Å². The lowest BCUT2D eigenvalue weighted by molar-refractivity contribution is 0.0895. The Labute approximate surface area is 194 Å². The van der Waals surface area contributed by atoms with Crippen LogP contribution < -0.4 is 14.8 Å². The molecule has 1 fully saturated rings. The summed E-state index contributed by atoms with van der Waals surface area (Å²) < 4.78 is 13.8. The van der Waals surface area contributed by atoms with Crippen molar-refractivity contribution in [3.8, 4) is 17.6 Å². The van der Waals surface area contributed by atoms with Gasteiger partial charge >= 0.3 is 0 Å². The smallest absolute Gasteiger partial charge is 0.165 e. The van der Waals surface area contributed by atoms with E-state index >= 15 is 0 Å². The van der Waals surface area contributed by atoms with Gasteiger partial charge in [-0.3, -0.25) is 4.68 Å². The molecule has 4 aromatic rings. The summed E-state index contributed by atoms with van der Waals surface area (Å²) in [6.45, 7) is 6.62. The second kappa shape index (κ2) is 9.55. The van der Waals surface area contributed by atoms with Gasteiger partial charge in [-0.2, -0.15) is 10.4 Å². The number of nitriles is 1. The number of ether oxygens (including phenoxy) is 2. The minimum absolute atomic E-state index is 0.108. The summed E-state index contributed by atoms with van der Waals surface area (Å²) in [6, 6.07) is 10.6. The van der Waals surface area contributed by atoms with Crippen molar-refractivity contribution in [3.05, 3.63) is 53.3 Å². The molecule has 1 aliphatic carbocycles. The third kappa shape index (κ3) is 4.14. The zero-order valence-electron chi connectivity index (χ0n) is 19.9. The monoisotopic (exact) mass is 445 g/mol. The molecule has 7 heteroatoms. The van der Waals surface area contributed by atoms with Gasteiger partial charge in [0.15, 0.2) is 5.75 Å². The number of methoxy groups -OCH3 is 1. The van der Waals surface area contributed by atoms with Crippen molar-refractivity contribution in [2.45, 2.75) is 52.3 Å². The summed E-state index contributed by atoms with van der Waals surface area (Å²) in [5, 5.41) is 19.8. The molecule has 5 rings (SSSR count). The average Bonchev–Trinajstić information content (AvgIpc) is 3.46. The number of nitrogens with zero attached hydrogens (tertiary/aromatic N) is 3. The van der Waals surface area contributed by atoms with E-state index in [0.29, 0.717) is 23.9 Å². The van der Waals surface area contributed by atoms with E-state index in [9.17, 15) is 5.26 Å². The van der Waals surface area contributed by atoms with Crippen LogP contribution in [-0.4, -0.2) is 41.1 Å². The molecule has 0 atom stereocenters. The fourth-order valence-electron chi connectivity index (χ4n) is 4.41. The topological polar surface area (TPSA) is 87.9 Å². The normalized spacial score (nSPS) is 17.2. The molecular weight excluding hydrogens is 414 g/mol. The summed E-state index contributed by atoms with van der Waals surface area (Å²) >= 11 is 0. The fourth-order valence-corrected chi connectivity index (χ4v) is 4.41. The molecule has 2 heterocycles. The van der Waals surface area contributed by atoms with Crippen molar-refractivity contribution in [2.75, 3.05) is 14.2 Å². The summed E-state index contributed by atoms with van der Waals surface area (Å²) in [7, 11) is 3.66. The molecule has 2 N–H and O–H groups in total. The van der Waals surface area contributed by atoms with Gasteiger partial charge in [0.25, 0.3) is 0 Å². The number of H-pyrrole nitrogens is 1. The SMILES string of the molecule is CC.CNC1CC(Oc2c(C#N)ccc3cn(Cc4c(OC)cc(C)c5[nH]ccc45)nc23)C1. The first-order valence-corrected chi connectivity index (χ1v) is 11.5. The summed E-state index contributed by atoms with van der Waals surface area (Å²) in [4.78, 5) is 3.31. The minimum Gasteiger partial charge on any atom is -0.496 e. The lowest BCUT2D eigenvalue weighted by Crippen LogP contribution is -2.45. The zero-order chi connectivity index (χ0) is 23.5. The number of hydrogen-bond acceptors (Lipinski definition) is 5. The zero-order valence-corrected chi connectivity index (χ0v) is 19.9. The number of rotatable bonds is 6. The Kier molecular flexibility index (Phi) is 6.57. The van der Waals surface area contributed by atoms with Crippen LogP contribution in [0.3, 0.4) is 0 Å². The number of fused-ring (bicyclic) bond motifs is 2. The third-order valence-electron chi connectivity index (χ3n) is 6.24. The van der Waals surface area contributed by atoms with Crippen LogP contribution in [0.25, 0.3) is 21.8 Å². The van der Waals surface area contributed by atoms with Gasteiger partial charge in [-0.05, 0) is 56.6 Å².